The smallest absolute Gasteiger partial charge is 0.274 e. The van der Waals surface area contributed by atoms with E-state index in [4.69, 9.17) is 10.2 Å². The quantitative estimate of drug-likeness (QED) is 0.791. The summed E-state index contributed by atoms with van der Waals surface area (Å²) in [7, 11) is -3.56. The van der Waals surface area contributed by atoms with Crippen LogP contribution in [0.4, 0.5) is 0 Å². The van der Waals surface area contributed by atoms with E-state index in [0.29, 0.717) is 5.76 Å². The topological polar surface area (TPSA) is 85.3 Å². The Morgan fingerprint density at radius 3 is 2.82 bits per heavy atom. The first-order valence-corrected chi connectivity index (χ1v) is 7.06. The number of rotatable bonds is 4. The second-order valence-corrected chi connectivity index (χ2v) is 5.67. The maximum Gasteiger partial charge on any atom is 0.274 e. The van der Waals surface area contributed by atoms with E-state index >= 15 is 0 Å². The molecule has 0 amide bonds. The van der Waals surface area contributed by atoms with Crippen molar-refractivity contribution in [1.29, 1.82) is 0 Å². The molecule has 0 saturated heterocycles. The maximum atomic E-state index is 12.0. The largest absolute Gasteiger partial charge is 0.447 e. The first kappa shape index (κ1) is 12.3. The summed E-state index contributed by atoms with van der Waals surface area (Å²) in [6.07, 6.45) is 6.50. The lowest BCUT2D eigenvalue weighted by molar-refractivity contribution is 0.408. The van der Waals surface area contributed by atoms with E-state index in [0.717, 1.165) is 19.3 Å². The van der Waals surface area contributed by atoms with Gasteiger partial charge in [-0.3, -0.25) is 0 Å². The van der Waals surface area contributed by atoms with E-state index in [-0.39, 0.29) is 17.7 Å². The number of hydrogen-bond donors (Lipinski definition) is 2. The zero-order valence-corrected chi connectivity index (χ0v) is 10.2. The first-order chi connectivity index (χ1) is 8.12. The summed E-state index contributed by atoms with van der Waals surface area (Å²) in [5.41, 5.74) is 5.37. The Hall–Kier alpha value is -1.11. The fourth-order valence-corrected chi connectivity index (χ4v) is 3.02. The van der Waals surface area contributed by atoms with Crippen LogP contribution in [0.3, 0.4) is 0 Å². The zero-order chi connectivity index (χ0) is 12.3. The molecule has 3 N–H and O–H groups in total. The van der Waals surface area contributed by atoms with Crippen LogP contribution in [0.1, 0.15) is 25.0 Å². The number of nitrogens with two attached hydrogens (primary N) is 1. The SMILES string of the molecule is NCc1ccc(S(=O)(=O)NC2CC=CCC2)o1. The molecule has 0 spiro atoms. The Kier molecular flexibility index (Phi) is 3.66. The molecule has 2 rings (SSSR count). The van der Waals surface area contributed by atoms with Gasteiger partial charge in [0.05, 0.1) is 6.54 Å². The lowest BCUT2D eigenvalue weighted by Gasteiger charge is -2.18. The minimum Gasteiger partial charge on any atom is -0.447 e. The highest BCUT2D eigenvalue weighted by atomic mass is 32.2. The van der Waals surface area contributed by atoms with E-state index in [1.54, 1.807) is 6.07 Å². The number of furan rings is 1. The Bertz CT molecular complexity index is 505. The summed E-state index contributed by atoms with van der Waals surface area (Å²) in [6.45, 7) is 0.196. The molecule has 1 aromatic heterocycles. The van der Waals surface area contributed by atoms with Gasteiger partial charge < -0.3 is 10.2 Å². The highest BCUT2D eigenvalue weighted by Crippen LogP contribution is 2.17. The maximum absolute atomic E-state index is 12.0. The average Bonchev–Trinajstić information content (AvgIpc) is 2.79. The second-order valence-electron chi connectivity index (χ2n) is 4.03. The van der Waals surface area contributed by atoms with Gasteiger partial charge in [0.25, 0.3) is 10.0 Å². The van der Waals surface area contributed by atoms with Crippen LogP contribution in [0, 0.1) is 0 Å². The zero-order valence-electron chi connectivity index (χ0n) is 9.43. The predicted octanol–water partition coefficient (Wildman–Crippen LogP) is 1.13. The fraction of sp³-hybridized carbons (Fsp3) is 0.455. The first-order valence-electron chi connectivity index (χ1n) is 5.58. The number of nitrogens with one attached hydrogen (secondary N) is 1. The molecule has 0 bridgehead atoms. The van der Waals surface area contributed by atoms with Gasteiger partial charge in [-0.05, 0) is 31.4 Å². The Labute approximate surface area is 101 Å². The Morgan fingerprint density at radius 1 is 1.41 bits per heavy atom. The fourth-order valence-electron chi connectivity index (χ4n) is 1.79. The third kappa shape index (κ3) is 2.96. The molecule has 0 aromatic carbocycles. The van der Waals surface area contributed by atoms with Crippen LogP contribution in [0.15, 0.2) is 33.8 Å². The summed E-state index contributed by atoms with van der Waals surface area (Å²) >= 11 is 0. The van der Waals surface area contributed by atoms with Gasteiger partial charge in [0, 0.05) is 6.04 Å². The molecule has 94 valence electrons. The van der Waals surface area contributed by atoms with Gasteiger partial charge >= 0.3 is 0 Å². The van der Waals surface area contributed by atoms with Gasteiger partial charge in [0.2, 0.25) is 5.09 Å². The average molecular weight is 256 g/mol. The van der Waals surface area contributed by atoms with Crippen molar-refractivity contribution >= 4 is 10.0 Å². The molecule has 1 aliphatic rings. The van der Waals surface area contributed by atoms with Gasteiger partial charge in [-0.1, -0.05) is 12.2 Å². The molecule has 6 heteroatoms. The molecule has 17 heavy (non-hydrogen) atoms. The van der Waals surface area contributed by atoms with Crippen LogP contribution in [-0.2, 0) is 16.6 Å². The highest BCUT2D eigenvalue weighted by molar-refractivity contribution is 7.89. The third-order valence-corrected chi connectivity index (χ3v) is 4.09. The number of sulfonamides is 1. The molecule has 1 heterocycles. The van der Waals surface area contributed by atoms with Crippen molar-refractivity contribution in [2.75, 3.05) is 0 Å². The van der Waals surface area contributed by atoms with Crippen LogP contribution >= 0.6 is 0 Å². The van der Waals surface area contributed by atoms with Crippen molar-refractivity contribution in [2.45, 2.75) is 36.9 Å². The standard InChI is InChI=1S/C11H16N2O3S/c12-8-10-6-7-11(16-10)17(14,15)13-9-4-2-1-3-5-9/h1-2,6-7,9,13H,3-5,8,12H2. The van der Waals surface area contributed by atoms with Gasteiger partial charge in [0.1, 0.15) is 5.76 Å². The molecule has 0 radical (unpaired) electrons. The van der Waals surface area contributed by atoms with Crippen LogP contribution in [-0.4, -0.2) is 14.5 Å². The predicted molar refractivity (Wildman–Crippen MR) is 63.7 cm³/mol. The molecular weight excluding hydrogens is 240 g/mol. The molecule has 0 fully saturated rings. The van der Waals surface area contributed by atoms with Crippen molar-refractivity contribution < 1.29 is 12.8 Å². The normalized spacial score (nSPS) is 20.6. The van der Waals surface area contributed by atoms with Crippen molar-refractivity contribution in [3.63, 3.8) is 0 Å². The molecule has 0 saturated carbocycles. The van der Waals surface area contributed by atoms with E-state index < -0.39 is 10.0 Å². The monoisotopic (exact) mass is 256 g/mol. The van der Waals surface area contributed by atoms with Crippen LogP contribution in [0.2, 0.25) is 0 Å². The lowest BCUT2D eigenvalue weighted by Crippen LogP contribution is -2.35. The Morgan fingerprint density at radius 2 is 2.24 bits per heavy atom. The molecule has 0 aliphatic heterocycles. The van der Waals surface area contributed by atoms with Crippen molar-refractivity contribution in [3.05, 3.63) is 30.0 Å². The third-order valence-electron chi connectivity index (χ3n) is 2.69. The van der Waals surface area contributed by atoms with Crippen LogP contribution < -0.4 is 10.5 Å². The summed E-state index contributed by atoms with van der Waals surface area (Å²) in [6, 6.07) is 2.97. The van der Waals surface area contributed by atoms with Gasteiger partial charge in [-0.25, -0.2) is 13.1 Å². The minimum absolute atomic E-state index is 0.0450. The van der Waals surface area contributed by atoms with Crippen molar-refractivity contribution in [2.24, 2.45) is 5.73 Å². The summed E-state index contributed by atoms with van der Waals surface area (Å²) < 4.78 is 31.7. The van der Waals surface area contributed by atoms with E-state index in [9.17, 15) is 8.42 Å². The summed E-state index contributed by atoms with van der Waals surface area (Å²) in [4.78, 5) is 0. The van der Waals surface area contributed by atoms with E-state index in [1.165, 1.54) is 6.07 Å². The van der Waals surface area contributed by atoms with Crippen LogP contribution in [0.5, 0.6) is 0 Å². The molecule has 5 nitrogen and oxygen atoms in total. The highest BCUT2D eigenvalue weighted by Gasteiger charge is 2.23. The van der Waals surface area contributed by atoms with E-state index in [1.807, 2.05) is 6.08 Å². The summed E-state index contributed by atoms with van der Waals surface area (Å²) in [5.74, 6) is 0.467. The van der Waals surface area contributed by atoms with Gasteiger partial charge in [-0.15, -0.1) is 0 Å². The van der Waals surface area contributed by atoms with Crippen LogP contribution in [0.25, 0.3) is 0 Å². The number of allylic oxidation sites excluding steroid dienone is 1. The Balaban J connectivity index is 2.10. The van der Waals surface area contributed by atoms with Gasteiger partial charge in [0.15, 0.2) is 0 Å². The van der Waals surface area contributed by atoms with Crippen molar-refractivity contribution in [3.8, 4) is 0 Å². The lowest BCUT2D eigenvalue weighted by atomic mass is 10.0. The van der Waals surface area contributed by atoms with Gasteiger partial charge in [-0.2, -0.15) is 0 Å². The van der Waals surface area contributed by atoms with Crippen molar-refractivity contribution in [1.82, 2.24) is 4.72 Å². The molecule has 1 atom stereocenters. The summed E-state index contributed by atoms with van der Waals surface area (Å²) in [5, 5.41) is -0.0625. The molecular formula is C11H16N2O3S. The molecule has 1 aromatic rings. The second kappa shape index (κ2) is 5.03. The molecule has 1 aliphatic carbocycles. The minimum atomic E-state index is -3.56. The number of hydrogen-bond acceptors (Lipinski definition) is 4. The molecule has 1 unspecified atom stereocenters. The van der Waals surface area contributed by atoms with E-state index in [2.05, 4.69) is 10.8 Å².